The summed E-state index contributed by atoms with van der Waals surface area (Å²) in [5.74, 6) is 1.82. The van der Waals surface area contributed by atoms with E-state index in [2.05, 4.69) is 6.92 Å². The zero-order valence-electron chi connectivity index (χ0n) is 13.1. The van der Waals surface area contributed by atoms with Crippen molar-refractivity contribution < 1.29 is 13.2 Å². The van der Waals surface area contributed by atoms with Crippen molar-refractivity contribution in [3.63, 3.8) is 0 Å². The van der Waals surface area contributed by atoms with Gasteiger partial charge in [0, 0.05) is 38.9 Å². The molecule has 3 unspecified atom stereocenters. The van der Waals surface area contributed by atoms with Crippen molar-refractivity contribution >= 4 is 21.6 Å². The highest BCUT2D eigenvalue weighted by molar-refractivity contribution is 7.93. The first-order valence-corrected chi connectivity index (χ1v) is 11.0. The van der Waals surface area contributed by atoms with Crippen LogP contribution in [0.4, 0.5) is 0 Å². The zero-order valence-corrected chi connectivity index (χ0v) is 14.7. The van der Waals surface area contributed by atoms with Crippen molar-refractivity contribution in [2.75, 3.05) is 23.9 Å². The maximum Gasteiger partial charge on any atom is 0.0873 e. The van der Waals surface area contributed by atoms with Crippen LogP contribution >= 0.6 is 0 Å². The molecule has 1 saturated heterocycles. The van der Waals surface area contributed by atoms with Gasteiger partial charge in [0.1, 0.15) is 0 Å². The van der Waals surface area contributed by atoms with Crippen molar-refractivity contribution in [2.24, 2.45) is 0 Å². The second-order valence-corrected chi connectivity index (χ2v) is 9.73. The average molecular weight is 333 g/mol. The summed E-state index contributed by atoms with van der Waals surface area (Å²) in [7, 11) is -1.62. The molecule has 5 heteroatoms. The molecule has 3 nitrogen and oxygen atoms in total. The summed E-state index contributed by atoms with van der Waals surface area (Å²) >= 11 is 0. The third kappa shape index (κ3) is 4.92. The van der Waals surface area contributed by atoms with Crippen LogP contribution in [0.1, 0.15) is 58.3 Å². The van der Waals surface area contributed by atoms with Crippen LogP contribution in [-0.4, -0.2) is 37.0 Å². The fourth-order valence-corrected chi connectivity index (χ4v) is 7.70. The molecule has 1 aliphatic carbocycles. The molecule has 2 aliphatic rings. The van der Waals surface area contributed by atoms with E-state index in [4.69, 9.17) is 4.74 Å². The minimum absolute atomic E-state index is 0.232. The van der Waals surface area contributed by atoms with Gasteiger partial charge in [-0.3, -0.25) is 8.42 Å². The van der Waals surface area contributed by atoms with Crippen molar-refractivity contribution in [1.82, 2.24) is 0 Å². The van der Waals surface area contributed by atoms with E-state index in [1.54, 1.807) is 0 Å². The number of ether oxygens (including phenoxy) is 1. The van der Waals surface area contributed by atoms with E-state index in [0.29, 0.717) is 23.9 Å². The molecule has 0 spiro atoms. The van der Waals surface area contributed by atoms with Crippen LogP contribution in [0.5, 0.6) is 0 Å². The minimum atomic E-state index is -0.831. The molecule has 0 amide bonds. The molecule has 1 saturated carbocycles. The van der Waals surface area contributed by atoms with Crippen LogP contribution in [-0.2, 0) is 26.3 Å². The molecule has 0 aromatic carbocycles. The second-order valence-electron chi connectivity index (χ2n) is 6.19. The molecule has 0 bridgehead atoms. The minimum Gasteiger partial charge on any atom is -0.501 e. The second kappa shape index (κ2) is 8.47. The van der Waals surface area contributed by atoms with E-state index in [1.165, 1.54) is 37.7 Å². The summed E-state index contributed by atoms with van der Waals surface area (Å²) in [4.78, 5) is 0. The van der Waals surface area contributed by atoms with Crippen LogP contribution in [0.15, 0.2) is 11.8 Å². The van der Waals surface area contributed by atoms with Gasteiger partial charge in [-0.15, -0.1) is 0 Å². The molecule has 2 rings (SSSR count). The van der Waals surface area contributed by atoms with E-state index in [9.17, 15) is 8.42 Å². The lowest BCUT2D eigenvalue weighted by Gasteiger charge is -2.34. The Morgan fingerprint density at radius 1 is 1.19 bits per heavy atom. The molecule has 0 N–H and O–H groups in total. The Labute approximate surface area is 133 Å². The summed E-state index contributed by atoms with van der Waals surface area (Å²) in [6.07, 6.45) is 10.9. The Bertz CT molecular complexity index is 412. The zero-order chi connectivity index (χ0) is 15.1. The van der Waals surface area contributed by atoms with Crippen molar-refractivity contribution in [3.05, 3.63) is 11.8 Å². The van der Waals surface area contributed by atoms with E-state index in [-0.39, 0.29) is 4.75 Å². The van der Waals surface area contributed by atoms with Crippen molar-refractivity contribution in [3.8, 4) is 0 Å². The molecule has 3 atom stereocenters. The molecule has 1 heterocycles. The van der Waals surface area contributed by atoms with Gasteiger partial charge in [-0.1, -0.05) is 13.3 Å². The van der Waals surface area contributed by atoms with Crippen LogP contribution < -0.4 is 0 Å². The molecule has 0 aromatic rings. The standard InChI is InChI=1S/C16H28O3S2/c1-2-16(14-20(17)11-12-21(16)18)9-6-10-19-13-15-7-4-3-5-8-15/h13H,2-12,14H2,1H3. The van der Waals surface area contributed by atoms with Gasteiger partial charge >= 0.3 is 0 Å². The van der Waals surface area contributed by atoms with Gasteiger partial charge in [0.15, 0.2) is 0 Å². The first-order chi connectivity index (χ1) is 10.2. The van der Waals surface area contributed by atoms with Crippen LogP contribution in [0.25, 0.3) is 0 Å². The smallest absolute Gasteiger partial charge is 0.0873 e. The number of rotatable bonds is 6. The lowest BCUT2D eigenvalue weighted by molar-refractivity contribution is 0.231. The predicted molar refractivity (Wildman–Crippen MR) is 90.3 cm³/mol. The Morgan fingerprint density at radius 3 is 2.67 bits per heavy atom. The summed E-state index contributed by atoms with van der Waals surface area (Å²) in [5, 5.41) is 0. The van der Waals surface area contributed by atoms with Crippen LogP contribution in [0, 0.1) is 0 Å². The highest BCUT2D eigenvalue weighted by atomic mass is 32.2. The van der Waals surface area contributed by atoms with Gasteiger partial charge in [-0.2, -0.15) is 0 Å². The molecule has 0 radical (unpaired) electrons. The van der Waals surface area contributed by atoms with Crippen molar-refractivity contribution in [1.29, 1.82) is 0 Å². The molecular formula is C16H28O3S2. The first kappa shape index (κ1) is 17.2. The third-order valence-electron chi connectivity index (χ3n) is 4.69. The van der Waals surface area contributed by atoms with E-state index in [0.717, 1.165) is 19.3 Å². The molecule has 0 aromatic heterocycles. The van der Waals surface area contributed by atoms with Gasteiger partial charge in [-0.05, 0) is 50.5 Å². The highest BCUT2D eigenvalue weighted by Crippen LogP contribution is 2.30. The third-order valence-corrected chi connectivity index (χ3v) is 8.84. The Kier molecular flexibility index (Phi) is 6.93. The van der Waals surface area contributed by atoms with Gasteiger partial charge in [0.2, 0.25) is 0 Å². The normalized spacial score (nSPS) is 33.7. The topological polar surface area (TPSA) is 43.4 Å². The number of hydrogen-bond donors (Lipinski definition) is 0. The van der Waals surface area contributed by atoms with E-state index < -0.39 is 21.6 Å². The van der Waals surface area contributed by atoms with Crippen molar-refractivity contribution in [2.45, 2.75) is 63.0 Å². The lowest BCUT2D eigenvalue weighted by Crippen LogP contribution is -2.46. The highest BCUT2D eigenvalue weighted by Gasteiger charge is 2.39. The fourth-order valence-electron chi connectivity index (χ4n) is 3.22. The number of allylic oxidation sites excluding steroid dienone is 1. The molecule has 1 aliphatic heterocycles. The molecule has 21 heavy (non-hydrogen) atoms. The summed E-state index contributed by atoms with van der Waals surface area (Å²) in [5.41, 5.74) is 1.44. The first-order valence-electron chi connectivity index (χ1n) is 8.19. The Balaban J connectivity index is 1.75. The Morgan fingerprint density at radius 2 is 1.95 bits per heavy atom. The molecular weight excluding hydrogens is 304 g/mol. The summed E-state index contributed by atoms with van der Waals surface area (Å²) in [6.45, 7) is 2.76. The van der Waals surface area contributed by atoms with Gasteiger partial charge < -0.3 is 4.74 Å². The lowest BCUT2D eigenvalue weighted by atomic mass is 9.96. The largest absolute Gasteiger partial charge is 0.501 e. The predicted octanol–water partition coefficient (Wildman–Crippen LogP) is 3.29. The summed E-state index contributed by atoms with van der Waals surface area (Å²) in [6, 6.07) is 0. The SMILES string of the molecule is CCC1(CCCOC=C2CCCCC2)CS(=O)CCS1=O. The average Bonchev–Trinajstić information content (AvgIpc) is 2.51. The van der Waals surface area contributed by atoms with E-state index in [1.807, 2.05) is 6.26 Å². The van der Waals surface area contributed by atoms with Gasteiger partial charge in [0.25, 0.3) is 0 Å². The van der Waals surface area contributed by atoms with Gasteiger partial charge in [0.05, 0.1) is 17.6 Å². The van der Waals surface area contributed by atoms with Gasteiger partial charge in [-0.25, -0.2) is 0 Å². The van der Waals surface area contributed by atoms with Crippen LogP contribution in [0.2, 0.25) is 0 Å². The monoisotopic (exact) mass is 332 g/mol. The molecule has 122 valence electrons. The van der Waals surface area contributed by atoms with Crippen LogP contribution in [0.3, 0.4) is 0 Å². The summed E-state index contributed by atoms with van der Waals surface area (Å²) < 4.78 is 29.6. The maximum absolute atomic E-state index is 12.3. The fraction of sp³-hybridized carbons (Fsp3) is 0.875. The molecule has 2 fully saturated rings. The quantitative estimate of drug-likeness (QED) is 0.554. The Hall–Kier alpha value is -0.160. The maximum atomic E-state index is 12.3. The van der Waals surface area contributed by atoms with E-state index >= 15 is 0 Å². The number of hydrogen-bond acceptors (Lipinski definition) is 3.